The summed E-state index contributed by atoms with van der Waals surface area (Å²) in [5, 5.41) is 3.74. The monoisotopic (exact) mass is 329 g/mol. The first-order valence-electron chi connectivity index (χ1n) is 9.71. The first-order chi connectivity index (χ1) is 10.7. The summed E-state index contributed by atoms with van der Waals surface area (Å²) in [6.45, 7) is 9.58. The van der Waals surface area contributed by atoms with Gasteiger partial charge >= 0.3 is 8.56 Å². The quantitative estimate of drug-likeness (QED) is 0.381. The van der Waals surface area contributed by atoms with Gasteiger partial charge in [-0.15, -0.1) is 0 Å². The normalized spacial score (nSPS) is 17.0. The van der Waals surface area contributed by atoms with Crippen molar-refractivity contribution in [2.24, 2.45) is 0 Å². The zero-order valence-electron chi connectivity index (χ0n) is 15.3. The molecule has 132 valence electrons. The molecule has 4 heteroatoms. The van der Waals surface area contributed by atoms with Gasteiger partial charge in [0, 0.05) is 19.3 Å². The van der Waals surface area contributed by atoms with Crippen molar-refractivity contribution in [1.29, 1.82) is 0 Å². The Morgan fingerprint density at radius 2 is 1.50 bits per heavy atom. The third kappa shape index (κ3) is 9.28. The van der Waals surface area contributed by atoms with Crippen LogP contribution in [0.5, 0.6) is 0 Å². The summed E-state index contributed by atoms with van der Waals surface area (Å²) < 4.78 is 12.4. The lowest BCUT2D eigenvalue weighted by atomic mass is 9.95. The van der Waals surface area contributed by atoms with Crippen LogP contribution in [-0.4, -0.2) is 34.4 Å². The van der Waals surface area contributed by atoms with Crippen molar-refractivity contribution >= 4 is 8.56 Å². The Balaban J connectivity index is 2.22. The number of hydrogen-bond donors (Lipinski definition) is 1. The number of unbranched alkanes of at least 4 members (excludes halogenated alkanes) is 2. The summed E-state index contributed by atoms with van der Waals surface area (Å²) in [6, 6.07) is 1.89. The molecule has 1 rings (SSSR count). The highest BCUT2D eigenvalue weighted by molar-refractivity contribution is 6.66. The Labute approximate surface area is 139 Å². The molecule has 0 aromatic heterocycles. The smallest absolute Gasteiger partial charge is 0.334 e. The predicted molar refractivity (Wildman–Crippen MR) is 97.6 cm³/mol. The Hall–Kier alpha value is 0.0969. The second-order valence-corrected chi connectivity index (χ2v) is 10.3. The van der Waals surface area contributed by atoms with E-state index in [4.69, 9.17) is 8.85 Å². The summed E-state index contributed by atoms with van der Waals surface area (Å²) in [4.78, 5) is 0. The fourth-order valence-electron chi connectivity index (χ4n) is 3.07. The fraction of sp³-hybridized carbons (Fsp3) is 1.00. The molecule has 3 nitrogen and oxygen atoms in total. The summed E-state index contributed by atoms with van der Waals surface area (Å²) in [6.07, 6.45) is 12.9. The molecule has 1 fully saturated rings. The molecular weight excluding hydrogens is 290 g/mol. The molecule has 0 amide bonds. The maximum atomic E-state index is 6.20. The second kappa shape index (κ2) is 12.5. The van der Waals surface area contributed by atoms with Crippen LogP contribution in [-0.2, 0) is 8.85 Å². The lowest BCUT2D eigenvalue weighted by Crippen LogP contribution is -2.40. The van der Waals surface area contributed by atoms with Crippen LogP contribution in [0.2, 0.25) is 12.6 Å². The van der Waals surface area contributed by atoms with E-state index in [0.717, 1.165) is 44.7 Å². The van der Waals surface area contributed by atoms with Crippen molar-refractivity contribution in [2.45, 2.75) is 96.7 Å². The third-order valence-electron chi connectivity index (χ3n) is 4.66. The number of hydrogen-bond acceptors (Lipinski definition) is 3. The van der Waals surface area contributed by atoms with Crippen LogP contribution in [0.15, 0.2) is 0 Å². The SMILES string of the molecule is CCCCO[Si](C)(CCCNC1CCCCC1)OCCCC. The first kappa shape index (κ1) is 20.1. The summed E-state index contributed by atoms with van der Waals surface area (Å²) in [5.41, 5.74) is 0. The molecule has 0 unspecified atom stereocenters. The van der Waals surface area contributed by atoms with Crippen molar-refractivity contribution in [1.82, 2.24) is 5.32 Å². The average molecular weight is 330 g/mol. The van der Waals surface area contributed by atoms with E-state index < -0.39 is 8.56 Å². The number of nitrogens with one attached hydrogen (secondary N) is 1. The molecule has 1 N–H and O–H groups in total. The molecule has 0 spiro atoms. The molecule has 0 saturated heterocycles. The van der Waals surface area contributed by atoms with E-state index in [1.807, 2.05) is 0 Å². The Bertz CT molecular complexity index is 247. The fourth-order valence-corrected chi connectivity index (χ4v) is 5.42. The van der Waals surface area contributed by atoms with Gasteiger partial charge in [-0.05, 0) is 51.2 Å². The molecule has 1 aliphatic carbocycles. The Morgan fingerprint density at radius 1 is 0.909 bits per heavy atom. The highest BCUT2D eigenvalue weighted by Crippen LogP contribution is 2.19. The molecule has 1 saturated carbocycles. The largest absolute Gasteiger partial charge is 0.394 e. The second-order valence-electron chi connectivity index (χ2n) is 6.93. The van der Waals surface area contributed by atoms with Crippen molar-refractivity contribution in [2.75, 3.05) is 19.8 Å². The van der Waals surface area contributed by atoms with E-state index in [-0.39, 0.29) is 0 Å². The van der Waals surface area contributed by atoms with Crippen molar-refractivity contribution in [3.05, 3.63) is 0 Å². The minimum atomic E-state index is -1.95. The number of rotatable bonds is 13. The third-order valence-corrected chi connectivity index (χ3v) is 7.55. The maximum Gasteiger partial charge on any atom is 0.334 e. The van der Waals surface area contributed by atoms with Crippen LogP contribution >= 0.6 is 0 Å². The zero-order chi connectivity index (χ0) is 16.1. The lowest BCUT2D eigenvalue weighted by molar-refractivity contribution is 0.168. The van der Waals surface area contributed by atoms with E-state index in [9.17, 15) is 0 Å². The predicted octanol–water partition coefficient (Wildman–Crippen LogP) is 5.00. The van der Waals surface area contributed by atoms with Gasteiger partial charge in [0.25, 0.3) is 0 Å². The van der Waals surface area contributed by atoms with Crippen LogP contribution in [0.1, 0.15) is 78.1 Å². The summed E-state index contributed by atoms with van der Waals surface area (Å²) in [7, 11) is -1.95. The van der Waals surface area contributed by atoms with E-state index in [0.29, 0.717) is 0 Å². The Kier molecular flexibility index (Phi) is 11.5. The van der Waals surface area contributed by atoms with E-state index in [1.54, 1.807) is 0 Å². The molecule has 0 aromatic rings. The van der Waals surface area contributed by atoms with Crippen LogP contribution < -0.4 is 5.32 Å². The lowest BCUT2D eigenvalue weighted by Gasteiger charge is -2.28. The average Bonchev–Trinajstić information content (AvgIpc) is 2.53. The maximum absolute atomic E-state index is 6.20. The van der Waals surface area contributed by atoms with Crippen molar-refractivity contribution in [3.8, 4) is 0 Å². The molecular formula is C18H39NO2Si. The van der Waals surface area contributed by atoms with Gasteiger partial charge < -0.3 is 14.2 Å². The van der Waals surface area contributed by atoms with Gasteiger partial charge in [0.1, 0.15) is 0 Å². The molecule has 0 aromatic carbocycles. The zero-order valence-corrected chi connectivity index (χ0v) is 16.3. The highest BCUT2D eigenvalue weighted by atomic mass is 28.4. The first-order valence-corrected chi connectivity index (χ1v) is 12.2. The standard InChI is InChI=1S/C18H39NO2Si/c1-4-6-15-20-22(3,21-16-7-5-2)17-11-14-19-18-12-9-8-10-13-18/h18-19H,4-17H2,1-3H3. The summed E-state index contributed by atoms with van der Waals surface area (Å²) >= 11 is 0. The molecule has 22 heavy (non-hydrogen) atoms. The highest BCUT2D eigenvalue weighted by Gasteiger charge is 2.30. The van der Waals surface area contributed by atoms with Crippen LogP contribution in [0.25, 0.3) is 0 Å². The minimum absolute atomic E-state index is 0.767. The molecule has 1 aliphatic rings. The van der Waals surface area contributed by atoms with Crippen LogP contribution in [0.4, 0.5) is 0 Å². The van der Waals surface area contributed by atoms with Gasteiger partial charge in [-0.1, -0.05) is 46.0 Å². The molecule has 0 aliphatic heterocycles. The van der Waals surface area contributed by atoms with Gasteiger partial charge in [0.2, 0.25) is 0 Å². The molecule has 0 radical (unpaired) electrons. The van der Waals surface area contributed by atoms with Crippen molar-refractivity contribution < 1.29 is 8.85 Å². The van der Waals surface area contributed by atoms with Crippen molar-refractivity contribution in [3.63, 3.8) is 0 Å². The van der Waals surface area contributed by atoms with E-state index in [2.05, 4.69) is 25.7 Å². The van der Waals surface area contributed by atoms with E-state index >= 15 is 0 Å². The van der Waals surface area contributed by atoms with Crippen LogP contribution in [0, 0.1) is 0 Å². The summed E-state index contributed by atoms with van der Waals surface area (Å²) in [5.74, 6) is 0. The van der Waals surface area contributed by atoms with E-state index in [1.165, 1.54) is 51.4 Å². The minimum Gasteiger partial charge on any atom is -0.394 e. The molecule has 0 heterocycles. The van der Waals surface area contributed by atoms with Gasteiger partial charge in [-0.25, -0.2) is 0 Å². The van der Waals surface area contributed by atoms with Gasteiger partial charge in [0.05, 0.1) is 0 Å². The molecule has 0 bridgehead atoms. The van der Waals surface area contributed by atoms with Gasteiger partial charge in [-0.2, -0.15) is 0 Å². The Morgan fingerprint density at radius 3 is 2.05 bits per heavy atom. The topological polar surface area (TPSA) is 30.5 Å². The van der Waals surface area contributed by atoms with Gasteiger partial charge in [-0.3, -0.25) is 0 Å². The molecule has 0 atom stereocenters. The van der Waals surface area contributed by atoms with Gasteiger partial charge in [0.15, 0.2) is 0 Å². The van der Waals surface area contributed by atoms with Crippen LogP contribution in [0.3, 0.4) is 0 Å².